The predicted molar refractivity (Wildman–Crippen MR) is 85.5 cm³/mol. The van der Waals surface area contributed by atoms with E-state index in [0.717, 1.165) is 48.5 Å². The van der Waals surface area contributed by atoms with Crippen molar-refractivity contribution in [1.29, 1.82) is 0 Å². The molecule has 0 bridgehead atoms. The number of terminal acetylenes is 1. The van der Waals surface area contributed by atoms with Gasteiger partial charge in [-0.3, -0.25) is 9.41 Å². The maximum atomic E-state index is 6.18. The van der Waals surface area contributed by atoms with Gasteiger partial charge in [0.15, 0.2) is 0 Å². The van der Waals surface area contributed by atoms with Crippen LogP contribution in [-0.2, 0) is 0 Å². The lowest BCUT2D eigenvalue weighted by atomic mass is 10.1. The SMILES string of the molecule is C#CCC/C(C)=N/c1ccc(N(Cl)CCC)cc1C. The van der Waals surface area contributed by atoms with E-state index in [1.54, 1.807) is 4.42 Å². The first-order chi connectivity index (χ1) is 9.08. The third kappa shape index (κ3) is 4.96. The fourth-order valence-electron chi connectivity index (χ4n) is 1.76. The van der Waals surface area contributed by atoms with E-state index in [2.05, 4.69) is 23.9 Å². The van der Waals surface area contributed by atoms with E-state index in [0.29, 0.717) is 0 Å². The zero-order valence-corrected chi connectivity index (χ0v) is 12.7. The standard InChI is InChI=1S/C16H21ClN2/c1-5-7-8-14(4)18-16-10-9-15(12-13(16)3)19(17)11-6-2/h1,9-10,12H,6-8,11H2,2-4H3/b18-14+. The first-order valence-electron chi connectivity index (χ1n) is 6.60. The summed E-state index contributed by atoms with van der Waals surface area (Å²) in [6.07, 6.45) is 7.85. The Kier molecular flexibility index (Phi) is 6.45. The van der Waals surface area contributed by atoms with Crippen molar-refractivity contribution in [2.75, 3.05) is 11.0 Å². The second-order valence-corrected chi connectivity index (χ2v) is 5.02. The van der Waals surface area contributed by atoms with Crippen molar-refractivity contribution in [3.8, 4) is 12.3 Å². The molecule has 0 N–H and O–H groups in total. The molecular formula is C16H21ClN2. The molecule has 1 rings (SSSR count). The van der Waals surface area contributed by atoms with Gasteiger partial charge < -0.3 is 0 Å². The van der Waals surface area contributed by atoms with E-state index in [1.807, 2.05) is 26.0 Å². The Hall–Kier alpha value is -1.46. The highest BCUT2D eigenvalue weighted by atomic mass is 35.5. The van der Waals surface area contributed by atoms with Gasteiger partial charge in [0.05, 0.1) is 11.4 Å². The van der Waals surface area contributed by atoms with Gasteiger partial charge in [-0.25, -0.2) is 0 Å². The van der Waals surface area contributed by atoms with Crippen LogP contribution in [0.3, 0.4) is 0 Å². The smallest absolute Gasteiger partial charge is 0.0659 e. The van der Waals surface area contributed by atoms with Crippen LogP contribution in [0.15, 0.2) is 23.2 Å². The third-order valence-electron chi connectivity index (χ3n) is 2.82. The lowest BCUT2D eigenvalue weighted by Gasteiger charge is -2.16. The van der Waals surface area contributed by atoms with Crippen molar-refractivity contribution < 1.29 is 0 Å². The van der Waals surface area contributed by atoms with Gasteiger partial charge in [0.2, 0.25) is 0 Å². The molecule has 1 aromatic rings. The maximum Gasteiger partial charge on any atom is 0.0659 e. The minimum Gasteiger partial charge on any atom is -0.285 e. The summed E-state index contributed by atoms with van der Waals surface area (Å²) in [7, 11) is 0. The summed E-state index contributed by atoms with van der Waals surface area (Å²) in [6, 6.07) is 6.08. The van der Waals surface area contributed by atoms with Crippen LogP contribution >= 0.6 is 11.8 Å². The lowest BCUT2D eigenvalue weighted by molar-refractivity contribution is 0.923. The second kappa shape index (κ2) is 7.86. The quantitative estimate of drug-likeness (QED) is 0.411. The number of hydrogen-bond acceptors (Lipinski definition) is 2. The van der Waals surface area contributed by atoms with Crippen molar-refractivity contribution in [2.24, 2.45) is 4.99 Å². The average Bonchev–Trinajstić information content (AvgIpc) is 2.39. The van der Waals surface area contributed by atoms with Crippen molar-refractivity contribution in [1.82, 2.24) is 0 Å². The highest BCUT2D eigenvalue weighted by Crippen LogP contribution is 2.26. The molecule has 0 aliphatic carbocycles. The van der Waals surface area contributed by atoms with E-state index in [9.17, 15) is 0 Å². The summed E-state index contributed by atoms with van der Waals surface area (Å²) >= 11 is 6.18. The van der Waals surface area contributed by atoms with E-state index in [4.69, 9.17) is 18.2 Å². The Morgan fingerprint density at radius 1 is 1.47 bits per heavy atom. The summed E-state index contributed by atoms with van der Waals surface area (Å²) in [6.45, 7) is 7.00. The van der Waals surface area contributed by atoms with Gasteiger partial charge >= 0.3 is 0 Å². The predicted octanol–water partition coefficient (Wildman–Crippen LogP) is 4.87. The third-order valence-corrected chi connectivity index (χ3v) is 3.19. The fraction of sp³-hybridized carbons (Fsp3) is 0.438. The Labute approximate surface area is 121 Å². The zero-order valence-electron chi connectivity index (χ0n) is 11.9. The van der Waals surface area contributed by atoms with Gasteiger partial charge in [-0.2, -0.15) is 0 Å². The summed E-state index contributed by atoms with van der Waals surface area (Å²) in [5.41, 5.74) is 4.19. The molecule has 2 nitrogen and oxygen atoms in total. The van der Waals surface area contributed by atoms with Crippen LogP contribution in [0.5, 0.6) is 0 Å². The molecule has 1 aromatic carbocycles. The van der Waals surface area contributed by atoms with Crippen LogP contribution in [0.4, 0.5) is 11.4 Å². The normalized spacial score (nSPS) is 11.2. The molecule has 0 saturated heterocycles. The molecule has 0 aliphatic rings. The van der Waals surface area contributed by atoms with Crippen molar-refractivity contribution in [2.45, 2.75) is 40.0 Å². The summed E-state index contributed by atoms with van der Waals surface area (Å²) < 4.78 is 1.74. The van der Waals surface area contributed by atoms with Crippen LogP contribution in [0.25, 0.3) is 0 Å². The molecule has 0 aliphatic heterocycles. The first-order valence-corrected chi connectivity index (χ1v) is 6.94. The Bertz CT molecular complexity index is 486. The maximum absolute atomic E-state index is 6.18. The molecule has 3 heteroatoms. The van der Waals surface area contributed by atoms with Gasteiger partial charge in [0.1, 0.15) is 0 Å². The molecule has 0 spiro atoms. The minimum atomic E-state index is 0.735. The van der Waals surface area contributed by atoms with E-state index in [-0.39, 0.29) is 0 Å². The highest BCUT2D eigenvalue weighted by molar-refractivity contribution is 6.25. The van der Waals surface area contributed by atoms with Crippen molar-refractivity contribution in [3.63, 3.8) is 0 Å². The number of benzene rings is 1. The van der Waals surface area contributed by atoms with Gasteiger partial charge in [-0.1, -0.05) is 6.92 Å². The molecule has 0 fully saturated rings. The van der Waals surface area contributed by atoms with E-state index in [1.165, 1.54) is 0 Å². The summed E-state index contributed by atoms with van der Waals surface area (Å²) in [5.74, 6) is 2.63. The summed E-state index contributed by atoms with van der Waals surface area (Å²) in [4.78, 5) is 4.60. The van der Waals surface area contributed by atoms with E-state index < -0.39 is 0 Å². The molecule has 19 heavy (non-hydrogen) atoms. The molecule has 0 heterocycles. The number of rotatable bonds is 6. The van der Waals surface area contributed by atoms with Gasteiger partial charge in [0, 0.05) is 30.5 Å². The highest BCUT2D eigenvalue weighted by Gasteiger charge is 2.05. The van der Waals surface area contributed by atoms with Crippen LogP contribution in [0, 0.1) is 19.3 Å². The number of aliphatic imine (C=N–C) groups is 1. The Morgan fingerprint density at radius 2 is 2.21 bits per heavy atom. The Balaban J connectivity index is 2.86. The number of hydrogen-bond donors (Lipinski definition) is 0. The van der Waals surface area contributed by atoms with Crippen LogP contribution < -0.4 is 4.42 Å². The van der Waals surface area contributed by atoms with E-state index >= 15 is 0 Å². The molecule has 0 radical (unpaired) electrons. The molecule has 0 saturated carbocycles. The van der Waals surface area contributed by atoms with Crippen molar-refractivity contribution in [3.05, 3.63) is 23.8 Å². The van der Waals surface area contributed by atoms with Crippen molar-refractivity contribution >= 4 is 28.9 Å². The van der Waals surface area contributed by atoms with Crippen LogP contribution in [0.2, 0.25) is 0 Å². The second-order valence-electron chi connectivity index (χ2n) is 4.61. The number of anilines is 1. The van der Waals surface area contributed by atoms with Gasteiger partial charge in [0.25, 0.3) is 0 Å². The molecular weight excluding hydrogens is 256 g/mol. The van der Waals surface area contributed by atoms with Crippen LogP contribution in [-0.4, -0.2) is 12.3 Å². The average molecular weight is 277 g/mol. The molecule has 0 unspecified atom stereocenters. The fourth-order valence-corrected chi connectivity index (χ4v) is 2.03. The minimum absolute atomic E-state index is 0.735. The molecule has 0 atom stereocenters. The lowest BCUT2D eigenvalue weighted by Crippen LogP contribution is -2.10. The largest absolute Gasteiger partial charge is 0.285 e. The van der Waals surface area contributed by atoms with Crippen LogP contribution in [0.1, 0.15) is 38.7 Å². The summed E-state index contributed by atoms with van der Waals surface area (Å²) in [5, 5.41) is 0. The molecule has 0 aromatic heterocycles. The molecule has 102 valence electrons. The zero-order chi connectivity index (χ0) is 14.3. The Morgan fingerprint density at radius 3 is 2.79 bits per heavy atom. The number of halogens is 1. The number of aryl methyl sites for hydroxylation is 1. The topological polar surface area (TPSA) is 15.6 Å². The molecule has 0 amide bonds. The van der Waals surface area contributed by atoms with Gasteiger partial charge in [-0.05, 0) is 50.5 Å². The first kappa shape index (κ1) is 15.6. The number of nitrogens with zero attached hydrogens (tertiary/aromatic N) is 2. The van der Waals surface area contributed by atoms with Gasteiger partial charge in [-0.15, -0.1) is 12.3 Å². The monoisotopic (exact) mass is 276 g/mol.